The van der Waals surface area contributed by atoms with E-state index >= 15 is 0 Å². The van der Waals surface area contributed by atoms with Gasteiger partial charge in [0.2, 0.25) is 17.5 Å². The quantitative estimate of drug-likeness (QED) is 0.563. The van der Waals surface area contributed by atoms with Crippen LogP contribution in [0.15, 0.2) is 42.6 Å². The Morgan fingerprint density at radius 2 is 1.79 bits per heavy atom. The highest BCUT2D eigenvalue weighted by molar-refractivity contribution is 6.44. The van der Waals surface area contributed by atoms with Gasteiger partial charge in [0.15, 0.2) is 6.04 Å². The van der Waals surface area contributed by atoms with E-state index in [-0.39, 0.29) is 24.4 Å². The van der Waals surface area contributed by atoms with Crippen LogP contribution in [0.2, 0.25) is 0 Å². The topological polar surface area (TPSA) is 82.6 Å². The number of hydrazine groups is 1. The standard InChI is InChI=1S/C22H22N4O3/c1-25-12-16(26-20(22(25)29)21(28)17(27)11-24-26)18-15-7-3-2-5-13(15)8-9-14-6-4-10-23-19(14)18/h2-7,10,16,18,20,24H,8-9,11-12H2,1H3. The Bertz CT molecular complexity index is 973. The lowest BCUT2D eigenvalue weighted by Crippen LogP contribution is -2.73. The lowest BCUT2D eigenvalue weighted by molar-refractivity contribution is -0.161. The minimum atomic E-state index is -1.11. The van der Waals surface area contributed by atoms with E-state index < -0.39 is 17.6 Å². The molecule has 1 N–H and O–H groups in total. The van der Waals surface area contributed by atoms with Gasteiger partial charge in [-0.2, -0.15) is 0 Å². The van der Waals surface area contributed by atoms with E-state index in [0.717, 1.165) is 18.5 Å². The minimum Gasteiger partial charge on any atom is -0.342 e. The highest BCUT2D eigenvalue weighted by Gasteiger charge is 2.51. The van der Waals surface area contributed by atoms with Crippen LogP contribution < -0.4 is 5.43 Å². The van der Waals surface area contributed by atoms with Crippen LogP contribution in [0.1, 0.15) is 28.3 Å². The number of hydrogen-bond acceptors (Lipinski definition) is 6. The zero-order valence-electron chi connectivity index (χ0n) is 16.2. The summed E-state index contributed by atoms with van der Waals surface area (Å²) in [6.45, 7) is 0.366. The summed E-state index contributed by atoms with van der Waals surface area (Å²) in [4.78, 5) is 43.7. The molecule has 2 fully saturated rings. The molecule has 0 radical (unpaired) electrons. The third kappa shape index (κ3) is 2.81. The van der Waals surface area contributed by atoms with Crippen LogP contribution in [-0.4, -0.2) is 64.6 Å². The number of amides is 1. The van der Waals surface area contributed by atoms with Gasteiger partial charge in [-0.15, -0.1) is 0 Å². The van der Waals surface area contributed by atoms with Crippen molar-refractivity contribution in [3.8, 4) is 0 Å². The second kappa shape index (κ2) is 6.86. The van der Waals surface area contributed by atoms with Crippen LogP contribution in [0.25, 0.3) is 0 Å². The Hall–Kier alpha value is -2.90. The first-order valence-electron chi connectivity index (χ1n) is 9.91. The molecule has 29 heavy (non-hydrogen) atoms. The van der Waals surface area contributed by atoms with Crippen molar-refractivity contribution in [2.75, 3.05) is 20.1 Å². The molecular formula is C22H22N4O3. The second-order valence-electron chi connectivity index (χ2n) is 7.94. The summed E-state index contributed by atoms with van der Waals surface area (Å²) in [5, 5.41) is 1.72. The number of rotatable bonds is 1. The smallest absolute Gasteiger partial charge is 0.249 e. The molecule has 1 aromatic carbocycles. The molecule has 0 spiro atoms. The van der Waals surface area contributed by atoms with Crippen molar-refractivity contribution in [3.05, 3.63) is 65.0 Å². The number of Topliss-reactive ketones (excluding diaryl/α,β-unsaturated/α-hetero) is 2. The first-order valence-corrected chi connectivity index (χ1v) is 9.91. The highest BCUT2D eigenvalue weighted by Crippen LogP contribution is 2.39. The predicted octanol–water partition coefficient (Wildman–Crippen LogP) is 0.480. The van der Waals surface area contributed by atoms with Gasteiger partial charge in [0.1, 0.15) is 0 Å². The van der Waals surface area contributed by atoms with Crippen molar-refractivity contribution < 1.29 is 14.4 Å². The second-order valence-corrected chi connectivity index (χ2v) is 7.94. The highest BCUT2D eigenvalue weighted by atomic mass is 16.2. The minimum absolute atomic E-state index is 0.0771. The van der Waals surface area contributed by atoms with Crippen LogP contribution >= 0.6 is 0 Å². The molecule has 3 unspecified atom stereocenters. The van der Waals surface area contributed by atoms with Crippen molar-refractivity contribution in [2.24, 2.45) is 0 Å². The summed E-state index contributed by atoms with van der Waals surface area (Å²) < 4.78 is 0. The van der Waals surface area contributed by atoms with E-state index in [2.05, 4.69) is 23.6 Å². The molecule has 1 amide bonds. The molecule has 1 aromatic heterocycles. The number of benzene rings is 1. The molecule has 3 atom stereocenters. The predicted molar refractivity (Wildman–Crippen MR) is 105 cm³/mol. The van der Waals surface area contributed by atoms with Gasteiger partial charge >= 0.3 is 0 Å². The summed E-state index contributed by atoms with van der Waals surface area (Å²) in [7, 11) is 1.70. The van der Waals surface area contributed by atoms with Gasteiger partial charge in [-0.1, -0.05) is 30.3 Å². The average Bonchev–Trinajstić information content (AvgIpc) is 2.90. The number of likely N-dealkylation sites (N-methyl/N-ethyl adjacent to an activating group) is 1. The SMILES string of the molecule is CN1CC(C2c3ccccc3CCc3cccnc32)N2NCC(=O)C(=O)C2C1=O. The van der Waals surface area contributed by atoms with Crippen LogP contribution in [0.3, 0.4) is 0 Å². The normalized spacial score (nSPS) is 27.1. The number of ketones is 2. The third-order valence-electron chi connectivity index (χ3n) is 6.31. The maximum atomic E-state index is 12.8. The van der Waals surface area contributed by atoms with Crippen molar-refractivity contribution in [1.29, 1.82) is 0 Å². The fourth-order valence-electron chi connectivity index (χ4n) is 4.91. The first kappa shape index (κ1) is 18.1. The Morgan fingerprint density at radius 1 is 1.03 bits per heavy atom. The molecule has 2 saturated heterocycles. The Kier molecular flexibility index (Phi) is 4.29. The van der Waals surface area contributed by atoms with E-state index in [9.17, 15) is 14.4 Å². The fraction of sp³-hybridized carbons (Fsp3) is 0.364. The Balaban J connectivity index is 1.67. The Labute approximate surface area is 168 Å². The molecular weight excluding hydrogens is 368 g/mol. The Morgan fingerprint density at radius 3 is 2.66 bits per heavy atom. The summed E-state index contributed by atoms with van der Waals surface area (Å²) >= 11 is 0. The molecule has 0 saturated carbocycles. The number of nitrogens with zero attached hydrogens (tertiary/aromatic N) is 3. The summed E-state index contributed by atoms with van der Waals surface area (Å²) in [5.74, 6) is -1.63. The van der Waals surface area contributed by atoms with Gasteiger partial charge in [0.05, 0.1) is 18.3 Å². The van der Waals surface area contributed by atoms with Gasteiger partial charge in [-0.05, 0) is 35.6 Å². The molecule has 5 rings (SSSR count). The number of nitrogens with one attached hydrogen (secondary N) is 1. The number of fused-ring (bicyclic) bond motifs is 3. The van der Waals surface area contributed by atoms with Crippen LogP contribution in [0.4, 0.5) is 0 Å². The van der Waals surface area contributed by atoms with E-state index in [4.69, 9.17) is 4.98 Å². The number of aromatic nitrogens is 1. The van der Waals surface area contributed by atoms with Gasteiger partial charge in [0.25, 0.3) is 0 Å². The van der Waals surface area contributed by atoms with Crippen LogP contribution in [-0.2, 0) is 27.2 Å². The molecule has 3 heterocycles. The maximum Gasteiger partial charge on any atom is 0.249 e. The maximum absolute atomic E-state index is 12.8. The molecule has 2 aromatic rings. The van der Waals surface area contributed by atoms with Gasteiger partial charge in [0, 0.05) is 25.7 Å². The van der Waals surface area contributed by atoms with E-state index in [1.807, 2.05) is 18.2 Å². The molecule has 1 aliphatic carbocycles. The zero-order chi connectivity index (χ0) is 20.1. The van der Waals surface area contributed by atoms with Crippen molar-refractivity contribution in [2.45, 2.75) is 30.8 Å². The van der Waals surface area contributed by atoms with Crippen LogP contribution in [0, 0.1) is 0 Å². The van der Waals surface area contributed by atoms with Crippen LogP contribution in [0.5, 0.6) is 0 Å². The number of piperazine rings is 1. The summed E-state index contributed by atoms with van der Waals surface area (Å²) in [6.07, 6.45) is 3.61. The molecule has 148 valence electrons. The largest absolute Gasteiger partial charge is 0.342 e. The lowest BCUT2D eigenvalue weighted by atomic mass is 9.82. The van der Waals surface area contributed by atoms with Gasteiger partial charge < -0.3 is 4.90 Å². The van der Waals surface area contributed by atoms with Crippen molar-refractivity contribution >= 4 is 17.5 Å². The van der Waals surface area contributed by atoms with Gasteiger partial charge in [-0.25, -0.2) is 10.4 Å². The fourth-order valence-corrected chi connectivity index (χ4v) is 4.91. The first-order chi connectivity index (χ1) is 14.1. The molecule has 7 nitrogen and oxygen atoms in total. The van der Waals surface area contributed by atoms with E-state index in [1.54, 1.807) is 23.2 Å². The number of carbonyl (C=O) groups is 3. The van der Waals surface area contributed by atoms with E-state index in [1.165, 1.54) is 16.7 Å². The number of aryl methyl sites for hydroxylation is 2. The third-order valence-corrected chi connectivity index (χ3v) is 6.31. The van der Waals surface area contributed by atoms with Gasteiger partial charge in [-0.3, -0.25) is 19.4 Å². The molecule has 3 aliphatic rings. The van der Waals surface area contributed by atoms with Crippen molar-refractivity contribution in [3.63, 3.8) is 0 Å². The number of hydrogen-bond donors (Lipinski definition) is 1. The summed E-state index contributed by atoms with van der Waals surface area (Å²) in [6, 6.07) is 11.1. The lowest BCUT2D eigenvalue weighted by Gasteiger charge is -2.48. The zero-order valence-corrected chi connectivity index (χ0v) is 16.2. The monoisotopic (exact) mass is 390 g/mol. The van der Waals surface area contributed by atoms with Crippen molar-refractivity contribution in [1.82, 2.24) is 20.3 Å². The molecule has 0 bridgehead atoms. The molecule has 2 aliphatic heterocycles. The molecule has 7 heteroatoms. The average molecular weight is 390 g/mol. The number of pyridine rings is 1. The van der Waals surface area contributed by atoms with E-state index in [0.29, 0.717) is 6.54 Å². The summed E-state index contributed by atoms with van der Waals surface area (Å²) in [5.41, 5.74) is 7.66. The number of carbonyl (C=O) groups excluding carboxylic acids is 3.